The first-order valence-corrected chi connectivity index (χ1v) is 14.2. The summed E-state index contributed by atoms with van der Waals surface area (Å²) < 4.78 is 32.4. The predicted octanol–water partition coefficient (Wildman–Crippen LogP) is 6.37. The van der Waals surface area contributed by atoms with E-state index in [1.54, 1.807) is 17.0 Å². The number of likely N-dealkylation sites (tertiary alicyclic amines) is 1. The van der Waals surface area contributed by atoms with Gasteiger partial charge in [0.2, 0.25) is 0 Å². The maximum Gasteiger partial charge on any atom is 0.410 e. The van der Waals surface area contributed by atoms with Gasteiger partial charge in [-0.05, 0) is 108 Å². The van der Waals surface area contributed by atoms with Crippen molar-refractivity contribution in [1.29, 1.82) is 0 Å². The summed E-state index contributed by atoms with van der Waals surface area (Å²) in [7, 11) is 0. The van der Waals surface area contributed by atoms with Crippen LogP contribution in [0.3, 0.4) is 0 Å². The average molecular weight is 586 g/mol. The first kappa shape index (κ1) is 31.6. The molecule has 0 unspecified atom stereocenters. The quantitative estimate of drug-likeness (QED) is 0.427. The van der Waals surface area contributed by atoms with E-state index in [1.807, 2.05) is 26.8 Å². The van der Waals surface area contributed by atoms with Crippen LogP contribution in [0.1, 0.15) is 57.6 Å². The highest BCUT2D eigenvalue weighted by Gasteiger charge is 2.29. The van der Waals surface area contributed by atoms with Gasteiger partial charge >= 0.3 is 6.09 Å². The topological polar surface area (TPSA) is 70.8 Å². The van der Waals surface area contributed by atoms with Crippen molar-refractivity contribution in [2.24, 2.45) is 5.73 Å². The molecule has 0 spiro atoms. The molecule has 2 fully saturated rings. The van der Waals surface area contributed by atoms with Gasteiger partial charge in [-0.3, -0.25) is 4.90 Å². The van der Waals surface area contributed by atoms with Gasteiger partial charge in [0.1, 0.15) is 17.2 Å². The normalized spacial score (nSPS) is 17.3. The molecule has 6 nitrogen and oxygen atoms in total. The van der Waals surface area contributed by atoms with E-state index in [-0.39, 0.29) is 28.0 Å². The smallest absolute Gasteiger partial charge is 0.410 e. The molecular formula is C29H40Cl2F2N4O2. The Morgan fingerprint density at radius 2 is 1.54 bits per heavy atom. The second kappa shape index (κ2) is 14.6. The first-order chi connectivity index (χ1) is 18.4. The van der Waals surface area contributed by atoms with E-state index in [4.69, 9.17) is 33.7 Å². The summed E-state index contributed by atoms with van der Waals surface area (Å²) in [5.41, 5.74) is 6.94. The van der Waals surface area contributed by atoms with E-state index in [1.165, 1.54) is 18.2 Å². The van der Waals surface area contributed by atoms with Gasteiger partial charge in [0, 0.05) is 25.2 Å². The molecule has 0 aromatic heterocycles. The summed E-state index contributed by atoms with van der Waals surface area (Å²) in [6.07, 6.45) is 3.40. The number of benzene rings is 2. The minimum atomic E-state index is -0.562. The third-order valence-corrected chi connectivity index (χ3v) is 7.35. The number of amides is 1. The van der Waals surface area contributed by atoms with Crippen LogP contribution in [-0.4, -0.2) is 59.8 Å². The zero-order chi connectivity index (χ0) is 28.6. The number of hydrogen-bond acceptors (Lipinski definition) is 5. The summed E-state index contributed by atoms with van der Waals surface area (Å²) >= 11 is 11.4. The van der Waals surface area contributed by atoms with Gasteiger partial charge in [0.25, 0.3) is 0 Å². The number of hydrogen-bond donors (Lipinski definition) is 2. The van der Waals surface area contributed by atoms with Crippen LogP contribution in [0.5, 0.6) is 0 Å². The molecular weight excluding hydrogens is 545 g/mol. The minimum absolute atomic E-state index is 0.0828. The largest absolute Gasteiger partial charge is 0.444 e. The van der Waals surface area contributed by atoms with Gasteiger partial charge in [-0.15, -0.1) is 0 Å². The maximum atomic E-state index is 13.7. The molecule has 216 valence electrons. The van der Waals surface area contributed by atoms with E-state index in [0.717, 1.165) is 64.0 Å². The van der Waals surface area contributed by atoms with Gasteiger partial charge < -0.3 is 20.7 Å². The number of halogens is 4. The molecule has 0 radical (unpaired) electrons. The van der Waals surface area contributed by atoms with Crippen molar-refractivity contribution in [2.75, 3.05) is 26.2 Å². The van der Waals surface area contributed by atoms with E-state index in [2.05, 4.69) is 10.2 Å². The van der Waals surface area contributed by atoms with E-state index in [0.29, 0.717) is 18.2 Å². The van der Waals surface area contributed by atoms with Crippen LogP contribution in [0, 0.1) is 11.6 Å². The van der Waals surface area contributed by atoms with Crippen LogP contribution in [0.2, 0.25) is 10.0 Å². The Balaban J connectivity index is 0.000000230. The molecule has 10 heteroatoms. The number of rotatable bonds is 5. The third kappa shape index (κ3) is 10.5. The van der Waals surface area contributed by atoms with Crippen LogP contribution in [-0.2, 0) is 17.8 Å². The summed E-state index contributed by atoms with van der Waals surface area (Å²) in [4.78, 5) is 16.6. The Morgan fingerprint density at radius 1 is 1.00 bits per heavy atom. The fraction of sp³-hybridized carbons (Fsp3) is 0.552. The highest BCUT2D eigenvalue weighted by molar-refractivity contribution is 6.31. The van der Waals surface area contributed by atoms with Crippen molar-refractivity contribution >= 4 is 29.3 Å². The molecule has 0 aliphatic carbocycles. The molecule has 2 heterocycles. The fourth-order valence-corrected chi connectivity index (χ4v) is 4.86. The predicted molar refractivity (Wildman–Crippen MR) is 153 cm³/mol. The zero-order valence-corrected chi connectivity index (χ0v) is 24.5. The van der Waals surface area contributed by atoms with Crippen molar-refractivity contribution in [3.05, 3.63) is 69.2 Å². The van der Waals surface area contributed by atoms with E-state index < -0.39 is 11.4 Å². The summed E-state index contributed by atoms with van der Waals surface area (Å²) in [5.74, 6) is -0.813. The Labute approximate surface area is 240 Å². The summed E-state index contributed by atoms with van der Waals surface area (Å²) in [6, 6.07) is 10.0. The Bertz CT molecular complexity index is 1090. The maximum absolute atomic E-state index is 13.7. The Kier molecular flexibility index (Phi) is 11.8. The van der Waals surface area contributed by atoms with Crippen molar-refractivity contribution in [1.82, 2.24) is 15.1 Å². The Morgan fingerprint density at radius 3 is 2.08 bits per heavy atom. The van der Waals surface area contributed by atoms with Gasteiger partial charge in [-0.2, -0.15) is 0 Å². The standard InChI is InChI=1S/C17H24ClFN2O2.C12H16ClFN2/c1-17(2,3)23-16(22)21(13-6-8-20-9-7-13)11-12-4-5-14(18)15(19)10-12;13-11-2-1-9(7-12(11)14)8-16-5-3-10(15)4-6-16/h4-5,10,13,20H,6-9,11H2,1-3H3;1-2,7,10H,3-6,8,15H2. The molecule has 2 saturated heterocycles. The number of nitrogens with one attached hydrogen (secondary N) is 1. The second-order valence-electron chi connectivity index (χ2n) is 11.2. The second-order valence-corrected chi connectivity index (χ2v) is 12.0. The molecule has 2 aliphatic rings. The number of nitrogens with two attached hydrogens (primary N) is 1. The first-order valence-electron chi connectivity index (χ1n) is 13.5. The van der Waals surface area contributed by atoms with Crippen LogP contribution in [0.15, 0.2) is 36.4 Å². The summed E-state index contributed by atoms with van der Waals surface area (Å²) in [5, 5.41) is 3.55. The fourth-order valence-electron chi connectivity index (χ4n) is 4.62. The lowest BCUT2D eigenvalue weighted by Gasteiger charge is -2.36. The van der Waals surface area contributed by atoms with E-state index >= 15 is 0 Å². The SMILES string of the molecule is CC(C)(C)OC(=O)N(Cc1ccc(Cl)c(F)c1)C1CCNCC1.NC1CCN(Cc2ccc(Cl)c(F)c2)CC1. The highest BCUT2D eigenvalue weighted by atomic mass is 35.5. The number of carbonyl (C=O) groups is 1. The van der Waals surface area contributed by atoms with E-state index in [9.17, 15) is 13.6 Å². The van der Waals surface area contributed by atoms with Crippen molar-refractivity contribution < 1.29 is 18.3 Å². The molecule has 1 amide bonds. The highest BCUT2D eigenvalue weighted by Crippen LogP contribution is 2.22. The van der Waals surface area contributed by atoms with Gasteiger partial charge in [0.05, 0.1) is 10.0 Å². The molecule has 3 N–H and O–H groups in total. The van der Waals surface area contributed by atoms with Crippen molar-refractivity contribution in [3.63, 3.8) is 0 Å². The van der Waals surface area contributed by atoms with Gasteiger partial charge in [-0.25, -0.2) is 13.6 Å². The third-order valence-electron chi connectivity index (χ3n) is 6.74. The summed E-state index contributed by atoms with van der Waals surface area (Å²) in [6.45, 7) is 10.3. The van der Waals surface area contributed by atoms with Gasteiger partial charge in [0.15, 0.2) is 0 Å². The Hall–Kier alpha value is -1.97. The number of piperidine rings is 2. The zero-order valence-electron chi connectivity index (χ0n) is 23.0. The van der Waals surface area contributed by atoms with Crippen molar-refractivity contribution in [3.8, 4) is 0 Å². The number of nitrogens with zero attached hydrogens (tertiary/aromatic N) is 2. The lowest BCUT2D eigenvalue weighted by molar-refractivity contribution is 0.0107. The lowest BCUT2D eigenvalue weighted by Crippen LogP contribution is -2.47. The van der Waals surface area contributed by atoms with Crippen molar-refractivity contribution in [2.45, 2.75) is 77.2 Å². The number of carbonyl (C=O) groups excluding carboxylic acids is 1. The molecule has 39 heavy (non-hydrogen) atoms. The lowest BCUT2D eigenvalue weighted by atomic mass is 10.0. The molecule has 4 rings (SSSR count). The van der Waals surface area contributed by atoms with Crippen LogP contribution in [0.25, 0.3) is 0 Å². The molecule has 0 bridgehead atoms. The van der Waals surface area contributed by atoms with Crippen LogP contribution >= 0.6 is 23.2 Å². The average Bonchev–Trinajstić information content (AvgIpc) is 2.88. The minimum Gasteiger partial charge on any atom is -0.444 e. The molecule has 0 saturated carbocycles. The molecule has 2 aromatic carbocycles. The van der Waals surface area contributed by atoms with Gasteiger partial charge in [-0.1, -0.05) is 35.3 Å². The van der Waals surface area contributed by atoms with Crippen LogP contribution in [0.4, 0.5) is 13.6 Å². The number of ether oxygens (including phenoxy) is 1. The molecule has 2 aromatic rings. The monoisotopic (exact) mass is 584 g/mol. The molecule has 0 atom stereocenters. The van der Waals surface area contributed by atoms with Crippen LogP contribution < -0.4 is 11.1 Å². The molecule has 2 aliphatic heterocycles.